The van der Waals surface area contributed by atoms with Crippen LogP contribution in [0.25, 0.3) is 10.8 Å². The van der Waals surface area contributed by atoms with Crippen molar-refractivity contribution in [2.24, 2.45) is 0 Å². The summed E-state index contributed by atoms with van der Waals surface area (Å²) < 4.78 is 63.0. The first-order chi connectivity index (χ1) is 10.6. The van der Waals surface area contributed by atoms with E-state index in [4.69, 9.17) is 5.11 Å². The van der Waals surface area contributed by atoms with Gasteiger partial charge in [0.2, 0.25) is 0 Å². The van der Waals surface area contributed by atoms with E-state index in [0.717, 1.165) is 6.07 Å². The van der Waals surface area contributed by atoms with E-state index >= 15 is 0 Å². The Kier molecular flexibility index (Phi) is 5.84. The van der Waals surface area contributed by atoms with Crippen LogP contribution in [0.2, 0.25) is 0 Å². The lowest BCUT2D eigenvalue weighted by Crippen LogP contribution is -2.28. The van der Waals surface area contributed by atoms with E-state index in [0.29, 0.717) is 10.8 Å². The molecule has 128 valence electrons. The van der Waals surface area contributed by atoms with E-state index in [1.54, 1.807) is 0 Å². The van der Waals surface area contributed by atoms with Gasteiger partial charge in [-0.3, -0.25) is 0 Å². The maximum absolute atomic E-state index is 12.3. The highest BCUT2D eigenvalue weighted by Crippen LogP contribution is 2.32. The second kappa shape index (κ2) is 7.05. The van der Waals surface area contributed by atoms with E-state index in [-0.39, 0.29) is 11.3 Å². The molecule has 2 aromatic rings. The van der Waals surface area contributed by atoms with Crippen molar-refractivity contribution >= 4 is 20.9 Å². The highest BCUT2D eigenvalue weighted by atomic mass is 32.2. The number of halogens is 3. The van der Waals surface area contributed by atoms with E-state index < -0.39 is 28.0 Å². The number of alkyl halides is 3. The minimum atomic E-state index is -5.82. The smallest absolute Gasteiger partial charge is 0.508 e. The molecule has 0 unspecified atom stereocenters. The fraction of sp³-hybridized carbons (Fsp3) is 0.286. The predicted octanol–water partition coefficient (Wildman–Crippen LogP) is 3.29. The van der Waals surface area contributed by atoms with Gasteiger partial charge in [-0.15, -0.1) is 0 Å². The second-order valence-electron chi connectivity index (χ2n) is 4.13. The molecule has 0 saturated heterocycles. The summed E-state index contributed by atoms with van der Waals surface area (Å²) in [6.45, 7) is 3.27. The minimum absolute atomic E-state index is 0.0806. The van der Waals surface area contributed by atoms with Gasteiger partial charge in [0.05, 0.1) is 6.61 Å². The maximum Gasteiger partial charge on any atom is 0.534 e. The Hall–Kier alpha value is -2.00. The third kappa shape index (κ3) is 4.26. The molecule has 0 spiro atoms. The number of aliphatic hydroxyl groups is 1. The quantitative estimate of drug-likeness (QED) is 0.654. The van der Waals surface area contributed by atoms with Gasteiger partial charge in [-0.25, -0.2) is 0 Å². The number of phenols is 1. The third-order valence-electron chi connectivity index (χ3n) is 2.66. The number of aromatic hydroxyl groups is 1. The molecule has 2 N–H and O–H groups in total. The van der Waals surface area contributed by atoms with E-state index in [2.05, 4.69) is 4.18 Å². The van der Waals surface area contributed by atoms with Crippen molar-refractivity contribution in [1.82, 2.24) is 0 Å². The van der Waals surface area contributed by atoms with Crippen molar-refractivity contribution < 1.29 is 36.0 Å². The van der Waals surface area contributed by atoms with Gasteiger partial charge in [-0.1, -0.05) is 19.9 Å². The van der Waals surface area contributed by atoms with Crippen LogP contribution >= 0.6 is 0 Å². The molecule has 0 bridgehead atoms. The standard InChI is InChI=1S/C12H9F3O5S.C2H6/c13-12(14,15)21(18,19)20-11-5-7-1-2-10(17)4-8(7)3-9(11)6-16;1-2/h1-5,16-17H,6H2;1-2H3. The first-order valence-corrected chi connectivity index (χ1v) is 7.92. The van der Waals surface area contributed by atoms with Crippen LogP contribution in [0.15, 0.2) is 30.3 Å². The van der Waals surface area contributed by atoms with Crippen molar-refractivity contribution in [3.05, 3.63) is 35.9 Å². The SMILES string of the molecule is CC.O=S(=O)(Oc1cc2ccc(O)cc2cc1CO)C(F)(F)F. The lowest BCUT2D eigenvalue weighted by molar-refractivity contribution is -0.0500. The van der Waals surface area contributed by atoms with Gasteiger partial charge in [-0.2, -0.15) is 21.6 Å². The Labute approximate surface area is 131 Å². The first-order valence-electron chi connectivity index (χ1n) is 6.51. The molecule has 0 aliphatic heterocycles. The summed E-state index contributed by atoms with van der Waals surface area (Å²) in [5, 5.41) is 19.2. The summed E-state index contributed by atoms with van der Waals surface area (Å²) in [4.78, 5) is 0. The van der Waals surface area contributed by atoms with Crippen LogP contribution in [-0.2, 0) is 16.7 Å². The molecule has 9 heteroatoms. The average molecular weight is 352 g/mol. The molecule has 0 saturated carbocycles. The van der Waals surface area contributed by atoms with Gasteiger partial charge in [0.1, 0.15) is 11.5 Å². The highest BCUT2D eigenvalue weighted by molar-refractivity contribution is 7.88. The van der Waals surface area contributed by atoms with Gasteiger partial charge in [0, 0.05) is 5.56 Å². The topological polar surface area (TPSA) is 83.8 Å². The summed E-state index contributed by atoms with van der Waals surface area (Å²) in [7, 11) is -5.82. The summed E-state index contributed by atoms with van der Waals surface area (Å²) in [6.07, 6.45) is 0. The molecule has 0 aliphatic rings. The number of benzene rings is 2. The summed E-state index contributed by atoms with van der Waals surface area (Å²) in [6, 6.07) is 6.25. The van der Waals surface area contributed by atoms with Gasteiger partial charge in [-0.05, 0) is 35.0 Å². The van der Waals surface area contributed by atoms with Crippen molar-refractivity contribution in [1.29, 1.82) is 0 Å². The van der Waals surface area contributed by atoms with E-state index in [1.165, 1.54) is 24.3 Å². The highest BCUT2D eigenvalue weighted by Gasteiger charge is 2.48. The number of hydrogen-bond acceptors (Lipinski definition) is 5. The zero-order chi connectivity index (χ0) is 17.8. The molecule has 0 fully saturated rings. The maximum atomic E-state index is 12.3. The molecular formula is C14H15F3O5S. The van der Waals surface area contributed by atoms with E-state index in [1.807, 2.05) is 13.8 Å². The van der Waals surface area contributed by atoms with Gasteiger partial charge in [0.25, 0.3) is 0 Å². The predicted molar refractivity (Wildman–Crippen MR) is 78.5 cm³/mol. The molecule has 2 rings (SSSR count). The van der Waals surface area contributed by atoms with Crippen molar-refractivity contribution in [2.45, 2.75) is 26.0 Å². The van der Waals surface area contributed by atoms with Crippen LogP contribution in [0.3, 0.4) is 0 Å². The Morgan fingerprint density at radius 1 is 1.09 bits per heavy atom. The molecule has 0 amide bonds. The van der Waals surface area contributed by atoms with Crippen LogP contribution in [-0.4, -0.2) is 24.1 Å². The van der Waals surface area contributed by atoms with Crippen LogP contribution in [0, 0.1) is 0 Å². The van der Waals surface area contributed by atoms with Crippen LogP contribution in [0.4, 0.5) is 13.2 Å². The van der Waals surface area contributed by atoms with Crippen LogP contribution < -0.4 is 4.18 Å². The molecule has 0 aromatic heterocycles. The fourth-order valence-electron chi connectivity index (χ4n) is 1.68. The zero-order valence-electron chi connectivity index (χ0n) is 12.3. The first kappa shape index (κ1) is 19.0. The van der Waals surface area contributed by atoms with Gasteiger partial charge < -0.3 is 14.4 Å². The Bertz CT molecular complexity index is 785. The zero-order valence-corrected chi connectivity index (χ0v) is 13.1. The van der Waals surface area contributed by atoms with Gasteiger partial charge in [0.15, 0.2) is 0 Å². The molecule has 0 heterocycles. The van der Waals surface area contributed by atoms with Crippen LogP contribution in [0.1, 0.15) is 19.4 Å². The Morgan fingerprint density at radius 3 is 2.22 bits per heavy atom. The molecule has 0 atom stereocenters. The van der Waals surface area contributed by atoms with Crippen LogP contribution in [0.5, 0.6) is 11.5 Å². The average Bonchev–Trinajstić information content (AvgIpc) is 2.47. The van der Waals surface area contributed by atoms with Crippen molar-refractivity contribution in [3.8, 4) is 11.5 Å². The lowest BCUT2D eigenvalue weighted by atomic mass is 10.1. The normalized spacial score (nSPS) is 11.7. The minimum Gasteiger partial charge on any atom is -0.508 e. The lowest BCUT2D eigenvalue weighted by Gasteiger charge is -2.13. The molecule has 5 nitrogen and oxygen atoms in total. The monoisotopic (exact) mass is 352 g/mol. The van der Waals surface area contributed by atoms with Crippen molar-refractivity contribution in [2.75, 3.05) is 0 Å². The second-order valence-corrected chi connectivity index (χ2v) is 5.67. The molecule has 2 aromatic carbocycles. The summed E-state index contributed by atoms with van der Waals surface area (Å²) in [5.41, 5.74) is -5.72. The molecule has 0 radical (unpaired) electrons. The summed E-state index contributed by atoms with van der Waals surface area (Å²) >= 11 is 0. The fourth-order valence-corrected chi connectivity index (χ4v) is 2.16. The number of fused-ring (bicyclic) bond motifs is 1. The van der Waals surface area contributed by atoms with E-state index in [9.17, 15) is 26.7 Å². The molecule has 23 heavy (non-hydrogen) atoms. The molecular weight excluding hydrogens is 337 g/mol. The Balaban J connectivity index is 0.00000127. The van der Waals surface area contributed by atoms with Crippen molar-refractivity contribution in [3.63, 3.8) is 0 Å². The number of aliphatic hydroxyl groups excluding tert-OH is 1. The van der Waals surface area contributed by atoms with Gasteiger partial charge >= 0.3 is 15.6 Å². The third-order valence-corrected chi connectivity index (χ3v) is 3.62. The number of rotatable bonds is 3. The number of phenolic OH excluding ortho intramolecular Hbond substituents is 1. The number of hydrogen-bond donors (Lipinski definition) is 2. The summed E-state index contributed by atoms with van der Waals surface area (Å²) in [5.74, 6) is -0.698. The Morgan fingerprint density at radius 2 is 1.70 bits per heavy atom. The molecule has 0 aliphatic carbocycles. The largest absolute Gasteiger partial charge is 0.534 e.